The highest BCUT2D eigenvalue weighted by molar-refractivity contribution is 7.90. The number of carbonyl (C=O) groups is 2. The number of para-hydroxylation sites is 1. The zero-order valence-electron chi connectivity index (χ0n) is 11.6. The summed E-state index contributed by atoms with van der Waals surface area (Å²) in [6, 6.07) is 5.95. The molecule has 0 spiro atoms. The fourth-order valence-electron chi connectivity index (χ4n) is 1.45. The number of carbonyl (C=O) groups excluding carboxylic acids is 1. The van der Waals surface area contributed by atoms with Gasteiger partial charge >= 0.3 is 22.1 Å². The third-order valence-corrected chi connectivity index (χ3v) is 4.10. The van der Waals surface area contributed by atoms with Gasteiger partial charge in [-0.2, -0.15) is 12.7 Å². The van der Waals surface area contributed by atoms with Crippen LogP contribution in [-0.4, -0.2) is 50.5 Å². The van der Waals surface area contributed by atoms with Crippen LogP contribution in [-0.2, 0) is 19.7 Å². The summed E-state index contributed by atoms with van der Waals surface area (Å²) in [6.45, 7) is -0.189. The molecule has 0 radical (unpaired) electrons. The molecule has 116 valence electrons. The van der Waals surface area contributed by atoms with E-state index >= 15 is 0 Å². The molecule has 0 heterocycles. The van der Waals surface area contributed by atoms with Crippen LogP contribution in [0.15, 0.2) is 24.3 Å². The molecule has 0 saturated carbocycles. The van der Waals surface area contributed by atoms with Crippen LogP contribution < -0.4 is 4.72 Å². The number of nitrogens with one attached hydrogen (secondary N) is 1. The second-order valence-corrected chi connectivity index (χ2v) is 5.89. The summed E-state index contributed by atoms with van der Waals surface area (Å²) in [5.41, 5.74) is 0.127. The molecule has 0 aliphatic carbocycles. The monoisotopic (exact) mass is 316 g/mol. The molecule has 0 aliphatic heterocycles. The highest BCUT2D eigenvalue weighted by Crippen LogP contribution is 2.18. The number of nitrogens with zero attached hydrogens (tertiary/aromatic N) is 1. The fraction of sp³-hybridized carbons (Fsp3) is 0.333. The van der Waals surface area contributed by atoms with E-state index in [4.69, 9.17) is 5.11 Å². The molecule has 0 aromatic heterocycles. The van der Waals surface area contributed by atoms with E-state index in [-0.39, 0.29) is 24.2 Å². The molecule has 9 heteroatoms. The Balaban J connectivity index is 2.94. The second-order valence-electron chi connectivity index (χ2n) is 4.11. The van der Waals surface area contributed by atoms with E-state index in [1.807, 2.05) is 0 Å². The molecule has 0 aliphatic rings. The van der Waals surface area contributed by atoms with Crippen molar-refractivity contribution in [3.05, 3.63) is 29.8 Å². The van der Waals surface area contributed by atoms with E-state index in [0.717, 1.165) is 4.31 Å². The summed E-state index contributed by atoms with van der Waals surface area (Å²) in [5, 5.41) is 8.56. The summed E-state index contributed by atoms with van der Waals surface area (Å²) in [4.78, 5) is 22.0. The largest absolute Gasteiger partial charge is 0.481 e. The van der Waals surface area contributed by atoms with Gasteiger partial charge in [0.1, 0.15) is 0 Å². The SMILES string of the molecule is COC(=O)c1ccccc1NS(=O)(=O)N(C)CCC(=O)O. The van der Waals surface area contributed by atoms with E-state index in [1.54, 1.807) is 12.1 Å². The topological polar surface area (TPSA) is 113 Å². The number of carboxylic acids is 1. The molecular weight excluding hydrogens is 300 g/mol. The first-order valence-corrected chi connectivity index (χ1v) is 7.35. The van der Waals surface area contributed by atoms with Crippen LogP contribution in [0.2, 0.25) is 0 Å². The average Bonchev–Trinajstić information content (AvgIpc) is 2.43. The Bertz CT molecular complexity index is 628. The number of carboxylic acid groups (broad SMARTS) is 1. The van der Waals surface area contributed by atoms with Crippen molar-refractivity contribution in [2.75, 3.05) is 25.4 Å². The maximum atomic E-state index is 12.0. The van der Waals surface area contributed by atoms with Crippen molar-refractivity contribution < 1.29 is 27.9 Å². The number of hydrogen-bond acceptors (Lipinski definition) is 5. The minimum atomic E-state index is -3.96. The molecule has 1 rings (SSSR count). The van der Waals surface area contributed by atoms with Gasteiger partial charge in [-0.25, -0.2) is 4.79 Å². The van der Waals surface area contributed by atoms with Crippen LogP contribution in [0.4, 0.5) is 5.69 Å². The number of anilines is 1. The molecule has 21 heavy (non-hydrogen) atoms. The first kappa shape index (κ1) is 16.9. The number of rotatable bonds is 7. The van der Waals surface area contributed by atoms with Crippen molar-refractivity contribution in [3.63, 3.8) is 0 Å². The normalized spacial score (nSPS) is 11.2. The molecule has 0 saturated heterocycles. The summed E-state index contributed by atoms with van der Waals surface area (Å²) in [6.07, 6.45) is -0.323. The van der Waals surface area contributed by atoms with Crippen molar-refractivity contribution in [2.45, 2.75) is 6.42 Å². The van der Waals surface area contributed by atoms with Crippen LogP contribution in [0.1, 0.15) is 16.8 Å². The van der Waals surface area contributed by atoms with Gasteiger partial charge in [0.2, 0.25) is 0 Å². The van der Waals surface area contributed by atoms with Crippen molar-refractivity contribution in [1.82, 2.24) is 4.31 Å². The van der Waals surface area contributed by atoms with Crippen molar-refractivity contribution in [2.24, 2.45) is 0 Å². The first-order valence-electron chi connectivity index (χ1n) is 5.91. The highest BCUT2D eigenvalue weighted by atomic mass is 32.2. The summed E-state index contributed by atoms with van der Waals surface area (Å²) >= 11 is 0. The smallest absolute Gasteiger partial charge is 0.339 e. The molecule has 1 aromatic rings. The van der Waals surface area contributed by atoms with E-state index < -0.39 is 22.1 Å². The molecule has 2 N–H and O–H groups in total. The fourth-order valence-corrected chi connectivity index (χ4v) is 2.39. The Morgan fingerprint density at radius 1 is 1.33 bits per heavy atom. The highest BCUT2D eigenvalue weighted by Gasteiger charge is 2.21. The number of hydrogen-bond donors (Lipinski definition) is 2. The van der Waals surface area contributed by atoms with Crippen LogP contribution in [0.5, 0.6) is 0 Å². The summed E-state index contributed by atoms with van der Waals surface area (Å²) < 4.78 is 31.7. The lowest BCUT2D eigenvalue weighted by atomic mass is 10.2. The van der Waals surface area contributed by atoms with E-state index in [9.17, 15) is 18.0 Å². The molecule has 8 nitrogen and oxygen atoms in total. The summed E-state index contributed by atoms with van der Waals surface area (Å²) in [7, 11) is -1.53. The third kappa shape index (κ3) is 4.72. The summed E-state index contributed by atoms with van der Waals surface area (Å²) in [5.74, 6) is -1.78. The molecule has 0 unspecified atom stereocenters. The van der Waals surface area contributed by atoms with Crippen LogP contribution in [0.3, 0.4) is 0 Å². The lowest BCUT2D eigenvalue weighted by Gasteiger charge is -2.18. The van der Waals surface area contributed by atoms with Gasteiger partial charge in [-0.3, -0.25) is 9.52 Å². The van der Waals surface area contributed by atoms with E-state index in [0.29, 0.717) is 0 Å². The minimum absolute atomic E-state index is 0.0616. The average molecular weight is 316 g/mol. The Kier molecular flexibility index (Phi) is 5.68. The minimum Gasteiger partial charge on any atom is -0.481 e. The van der Waals surface area contributed by atoms with E-state index in [1.165, 1.54) is 26.3 Å². The predicted octanol–water partition coefficient (Wildman–Crippen LogP) is 0.536. The van der Waals surface area contributed by atoms with E-state index in [2.05, 4.69) is 9.46 Å². The van der Waals surface area contributed by atoms with Crippen molar-refractivity contribution in [1.29, 1.82) is 0 Å². The maximum absolute atomic E-state index is 12.0. The molecule has 0 bridgehead atoms. The molecule has 0 amide bonds. The number of esters is 1. The molecule has 1 aromatic carbocycles. The van der Waals surface area contributed by atoms with Crippen LogP contribution >= 0.6 is 0 Å². The van der Waals surface area contributed by atoms with Crippen LogP contribution in [0, 0.1) is 0 Å². The second kappa shape index (κ2) is 7.04. The standard InChI is InChI=1S/C12H16N2O6S/c1-14(8-7-11(15)16)21(18,19)13-10-6-4-3-5-9(10)12(17)20-2/h3-6,13H,7-8H2,1-2H3,(H,15,16). The number of aliphatic carboxylic acids is 1. The Hall–Kier alpha value is -2.13. The van der Waals surface area contributed by atoms with Gasteiger partial charge in [0.05, 0.1) is 24.8 Å². The van der Waals surface area contributed by atoms with Gasteiger partial charge in [-0.1, -0.05) is 12.1 Å². The Morgan fingerprint density at radius 2 is 1.95 bits per heavy atom. The maximum Gasteiger partial charge on any atom is 0.339 e. The Labute approximate surface area is 122 Å². The number of benzene rings is 1. The van der Waals surface area contributed by atoms with Gasteiger partial charge in [-0.15, -0.1) is 0 Å². The first-order chi connectivity index (χ1) is 9.77. The Morgan fingerprint density at radius 3 is 2.52 bits per heavy atom. The predicted molar refractivity (Wildman–Crippen MR) is 75.2 cm³/mol. The van der Waals surface area contributed by atoms with Crippen LogP contribution in [0.25, 0.3) is 0 Å². The van der Waals surface area contributed by atoms with Gasteiger partial charge in [0.25, 0.3) is 0 Å². The lowest BCUT2D eigenvalue weighted by Crippen LogP contribution is -2.34. The number of methoxy groups -OCH3 is 1. The van der Waals surface area contributed by atoms with Crippen molar-refractivity contribution in [3.8, 4) is 0 Å². The molecular formula is C12H16N2O6S. The van der Waals surface area contributed by atoms with Gasteiger partial charge in [0, 0.05) is 13.6 Å². The number of ether oxygens (including phenoxy) is 1. The van der Waals surface area contributed by atoms with Gasteiger partial charge < -0.3 is 9.84 Å². The lowest BCUT2D eigenvalue weighted by molar-refractivity contribution is -0.137. The van der Waals surface area contributed by atoms with Crippen molar-refractivity contribution >= 4 is 27.8 Å². The quantitative estimate of drug-likeness (QED) is 0.710. The molecule has 0 fully saturated rings. The molecule has 0 atom stereocenters. The third-order valence-electron chi connectivity index (χ3n) is 2.62. The zero-order valence-corrected chi connectivity index (χ0v) is 12.4. The van der Waals surface area contributed by atoms with Gasteiger partial charge in [0.15, 0.2) is 0 Å². The zero-order chi connectivity index (χ0) is 16.0. The van der Waals surface area contributed by atoms with Gasteiger partial charge in [-0.05, 0) is 12.1 Å².